The van der Waals surface area contributed by atoms with Crippen LogP contribution in [0.25, 0.3) is 0 Å². The number of amides is 1. The van der Waals surface area contributed by atoms with Crippen molar-refractivity contribution >= 4 is 43.5 Å². The Morgan fingerprint density at radius 3 is 2.55 bits per heavy atom. The van der Waals surface area contributed by atoms with Gasteiger partial charge in [0.2, 0.25) is 5.91 Å². The summed E-state index contributed by atoms with van der Waals surface area (Å²) in [7, 11) is 0. The number of aromatic nitrogens is 2. The maximum atomic E-state index is 12.1. The molecule has 0 unspecified atom stereocenters. The fraction of sp³-hybridized carbons (Fsp3) is 0.286. The average Bonchev–Trinajstić information content (AvgIpc) is 2.61. The molecule has 0 saturated heterocycles. The van der Waals surface area contributed by atoms with E-state index in [0.717, 1.165) is 31.6 Å². The molecular weight excluding hydrogens is 386 g/mol. The van der Waals surface area contributed by atoms with Gasteiger partial charge in [0.1, 0.15) is 6.54 Å². The van der Waals surface area contributed by atoms with Crippen molar-refractivity contribution < 1.29 is 4.79 Å². The van der Waals surface area contributed by atoms with E-state index in [0.29, 0.717) is 0 Å². The first-order valence-electron chi connectivity index (χ1n) is 6.14. The van der Waals surface area contributed by atoms with E-state index in [1.54, 1.807) is 4.68 Å². The fourth-order valence-electron chi connectivity index (χ4n) is 1.92. The van der Waals surface area contributed by atoms with E-state index in [4.69, 9.17) is 0 Å². The Kier molecular flexibility index (Phi) is 4.65. The molecule has 1 aromatic heterocycles. The second-order valence-corrected chi connectivity index (χ2v) is 6.36. The number of benzene rings is 1. The third kappa shape index (κ3) is 3.30. The molecule has 1 N–H and O–H groups in total. The van der Waals surface area contributed by atoms with Crippen molar-refractivity contribution in [2.24, 2.45) is 0 Å². The highest BCUT2D eigenvalue weighted by molar-refractivity contribution is 9.10. The molecule has 0 aliphatic heterocycles. The number of hydrogen-bond acceptors (Lipinski definition) is 2. The highest BCUT2D eigenvalue weighted by Gasteiger charge is 2.12. The maximum Gasteiger partial charge on any atom is 0.246 e. The lowest BCUT2D eigenvalue weighted by molar-refractivity contribution is -0.116. The molecule has 106 valence electrons. The third-order valence-electron chi connectivity index (χ3n) is 3.05. The number of nitrogens with one attached hydrogen (secondary N) is 1. The van der Waals surface area contributed by atoms with E-state index in [9.17, 15) is 4.79 Å². The first kappa shape index (κ1) is 15.3. The van der Waals surface area contributed by atoms with Crippen molar-refractivity contribution in [3.05, 3.63) is 44.1 Å². The summed E-state index contributed by atoms with van der Waals surface area (Å²) in [6, 6.07) is 5.76. The van der Waals surface area contributed by atoms with Crippen LogP contribution in [0.15, 0.2) is 27.1 Å². The highest BCUT2D eigenvalue weighted by Crippen LogP contribution is 2.21. The molecule has 20 heavy (non-hydrogen) atoms. The molecular formula is C14H15Br2N3O. The first-order valence-corrected chi connectivity index (χ1v) is 7.72. The molecule has 1 aromatic carbocycles. The molecule has 0 bridgehead atoms. The molecule has 0 aliphatic rings. The van der Waals surface area contributed by atoms with Crippen molar-refractivity contribution in [2.45, 2.75) is 27.3 Å². The van der Waals surface area contributed by atoms with Gasteiger partial charge < -0.3 is 5.32 Å². The molecule has 1 amide bonds. The van der Waals surface area contributed by atoms with Gasteiger partial charge in [-0.25, -0.2) is 0 Å². The zero-order valence-electron chi connectivity index (χ0n) is 11.5. The second-order valence-electron chi connectivity index (χ2n) is 4.65. The summed E-state index contributed by atoms with van der Waals surface area (Å²) in [4.78, 5) is 12.1. The number of aryl methyl sites for hydroxylation is 2. The van der Waals surface area contributed by atoms with Gasteiger partial charge in [0.25, 0.3) is 0 Å². The first-order chi connectivity index (χ1) is 9.38. The van der Waals surface area contributed by atoms with E-state index in [-0.39, 0.29) is 12.5 Å². The van der Waals surface area contributed by atoms with E-state index in [1.807, 2.05) is 39.0 Å². The van der Waals surface area contributed by atoms with E-state index >= 15 is 0 Å². The number of carbonyl (C=O) groups is 1. The number of carbonyl (C=O) groups excluding carboxylic acids is 1. The molecule has 6 heteroatoms. The van der Waals surface area contributed by atoms with Gasteiger partial charge in [-0.2, -0.15) is 5.10 Å². The van der Waals surface area contributed by atoms with Crippen LogP contribution in [-0.2, 0) is 11.3 Å². The molecule has 4 nitrogen and oxygen atoms in total. The van der Waals surface area contributed by atoms with Crippen molar-refractivity contribution in [1.82, 2.24) is 9.78 Å². The van der Waals surface area contributed by atoms with Gasteiger partial charge in [-0.05, 0) is 60.5 Å². The molecule has 0 fully saturated rings. The van der Waals surface area contributed by atoms with Gasteiger partial charge in [0.05, 0.1) is 15.9 Å². The number of rotatable bonds is 3. The van der Waals surface area contributed by atoms with E-state index in [2.05, 4.69) is 42.3 Å². The fourth-order valence-corrected chi connectivity index (χ4v) is 2.68. The number of anilines is 1. The molecule has 0 aliphatic carbocycles. The van der Waals surface area contributed by atoms with Crippen LogP contribution in [0.1, 0.15) is 17.0 Å². The quantitative estimate of drug-likeness (QED) is 0.847. The molecule has 0 atom stereocenters. The summed E-state index contributed by atoms with van der Waals surface area (Å²) < 4.78 is 3.64. The van der Waals surface area contributed by atoms with Crippen molar-refractivity contribution in [1.29, 1.82) is 0 Å². The minimum Gasteiger partial charge on any atom is -0.324 e. The number of hydrogen-bond donors (Lipinski definition) is 1. The summed E-state index contributed by atoms with van der Waals surface area (Å²) in [5.41, 5.74) is 3.67. The van der Waals surface area contributed by atoms with Crippen LogP contribution in [-0.4, -0.2) is 15.7 Å². The van der Waals surface area contributed by atoms with Crippen LogP contribution in [0.5, 0.6) is 0 Å². The zero-order valence-corrected chi connectivity index (χ0v) is 14.7. The predicted molar refractivity (Wildman–Crippen MR) is 86.9 cm³/mol. The Balaban J connectivity index is 2.11. The Bertz CT molecular complexity index is 665. The van der Waals surface area contributed by atoms with Gasteiger partial charge >= 0.3 is 0 Å². The van der Waals surface area contributed by atoms with Gasteiger partial charge in [-0.3, -0.25) is 9.48 Å². The molecule has 0 radical (unpaired) electrons. The summed E-state index contributed by atoms with van der Waals surface area (Å²) in [6.45, 7) is 6.00. The van der Waals surface area contributed by atoms with Crippen molar-refractivity contribution in [2.75, 3.05) is 5.32 Å². The average molecular weight is 401 g/mol. The lowest BCUT2D eigenvalue weighted by Crippen LogP contribution is -2.20. The summed E-state index contributed by atoms with van der Waals surface area (Å²) in [5.74, 6) is -0.0893. The summed E-state index contributed by atoms with van der Waals surface area (Å²) in [5, 5.41) is 7.24. The Morgan fingerprint density at radius 2 is 2.00 bits per heavy atom. The molecule has 0 spiro atoms. The molecule has 2 rings (SSSR count). The number of nitrogens with zero attached hydrogens (tertiary/aromatic N) is 2. The van der Waals surface area contributed by atoms with E-state index < -0.39 is 0 Å². The van der Waals surface area contributed by atoms with Crippen LogP contribution in [0.2, 0.25) is 0 Å². The minimum atomic E-state index is -0.0893. The minimum absolute atomic E-state index is 0.0893. The number of halogens is 2. The standard InChI is InChI=1S/C14H15Br2N3O/c1-8-6-11(15)4-5-12(8)17-13(20)7-19-10(3)14(16)9(2)18-19/h4-6H,7H2,1-3H3,(H,17,20). The Hall–Kier alpha value is -1.14. The van der Waals surface area contributed by atoms with Gasteiger partial charge in [-0.1, -0.05) is 15.9 Å². The van der Waals surface area contributed by atoms with Gasteiger partial charge in [0, 0.05) is 10.2 Å². The van der Waals surface area contributed by atoms with Crippen LogP contribution >= 0.6 is 31.9 Å². The van der Waals surface area contributed by atoms with E-state index in [1.165, 1.54) is 0 Å². The monoisotopic (exact) mass is 399 g/mol. The maximum absolute atomic E-state index is 12.1. The zero-order chi connectivity index (χ0) is 14.9. The topological polar surface area (TPSA) is 46.9 Å². The van der Waals surface area contributed by atoms with Crippen LogP contribution in [0, 0.1) is 20.8 Å². The lowest BCUT2D eigenvalue weighted by Gasteiger charge is -2.09. The van der Waals surface area contributed by atoms with Crippen molar-refractivity contribution in [3.8, 4) is 0 Å². The van der Waals surface area contributed by atoms with Gasteiger partial charge in [0.15, 0.2) is 0 Å². The second kappa shape index (κ2) is 6.10. The third-order valence-corrected chi connectivity index (χ3v) is 4.69. The molecule has 2 aromatic rings. The van der Waals surface area contributed by atoms with Crippen LogP contribution in [0.4, 0.5) is 5.69 Å². The Labute approximate surface area is 134 Å². The Morgan fingerprint density at radius 1 is 1.30 bits per heavy atom. The molecule has 1 heterocycles. The van der Waals surface area contributed by atoms with Gasteiger partial charge in [-0.15, -0.1) is 0 Å². The molecule has 0 saturated carbocycles. The van der Waals surface area contributed by atoms with Crippen LogP contribution in [0.3, 0.4) is 0 Å². The SMILES string of the molecule is Cc1cc(Br)ccc1NC(=O)Cn1nc(C)c(Br)c1C. The lowest BCUT2D eigenvalue weighted by atomic mass is 10.2. The highest BCUT2D eigenvalue weighted by atomic mass is 79.9. The predicted octanol–water partition coefficient (Wildman–Crippen LogP) is 3.97. The normalized spacial score (nSPS) is 10.7. The van der Waals surface area contributed by atoms with Crippen LogP contribution < -0.4 is 5.32 Å². The summed E-state index contributed by atoms with van der Waals surface area (Å²) >= 11 is 6.86. The van der Waals surface area contributed by atoms with Crippen molar-refractivity contribution in [3.63, 3.8) is 0 Å². The summed E-state index contributed by atoms with van der Waals surface area (Å²) in [6.07, 6.45) is 0. The smallest absolute Gasteiger partial charge is 0.246 e. The largest absolute Gasteiger partial charge is 0.324 e.